The van der Waals surface area contributed by atoms with E-state index >= 15 is 0 Å². The second-order valence-corrected chi connectivity index (χ2v) is 9.67. The summed E-state index contributed by atoms with van der Waals surface area (Å²) in [5, 5.41) is 8.47. The Labute approximate surface area is 213 Å². The number of esters is 1. The number of likely N-dealkylation sites (tertiary alicyclic amines) is 1. The number of methoxy groups -OCH3 is 1. The van der Waals surface area contributed by atoms with Gasteiger partial charge in [-0.1, -0.05) is 42.4 Å². The fourth-order valence-electron chi connectivity index (χ4n) is 4.87. The van der Waals surface area contributed by atoms with Gasteiger partial charge in [-0.2, -0.15) is 13.2 Å². The summed E-state index contributed by atoms with van der Waals surface area (Å²) >= 11 is 7.45. The minimum Gasteiger partial charge on any atom is -0.475 e. The lowest BCUT2D eigenvalue weighted by Crippen LogP contribution is -2.59. The molecule has 0 aromatic heterocycles. The van der Waals surface area contributed by atoms with Gasteiger partial charge in [0, 0.05) is 17.8 Å². The van der Waals surface area contributed by atoms with Gasteiger partial charge in [0.2, 0.25) is 11.8 Å². The molecule has 0 saturated carbocycles. The molecular weight excluding hydrogens is 527 g/mol. The number of rotatable bonds is 4. The average molecular weight is 550 g/mol. The number of imide groups is 1. The molecule has 1 aromatic carbocycles. The minimum absolute atomic E-state index is 0.242. The molecule has 2 amide bonds. The third kappa shape index (κ3) is 4.65. The van der Waals surface area contributed by atoms with Crippen molar-refractivity contribution in [1.29, 1.82) is 0 Å². The molecule has 9 nitrogen and oxygen atoms in total. The number of thioether (sulfide) groups is 1. The van der Waals surface area contributed by atoms with Crippen LogP contribution in [0.4, 0.5) is 13.2 Å². The summed E-state index contributed by atoms with van der Waals surface area (Å²) in [6, 6.07) is 7.23. The van der Waals surface area contributed by atoms with Gasteiger partial charge >= 0.3 is 18.1 Å². The normalized spacial score (nSPS) is 26.8. The van der Waals surface area contributed by atoms with Gasteiger partial charge in [-0.25, -0.2) is 9.59 Å². The van der Waals surface area contributed by atoms with Crippen LogP contribution in [0.25, 0.3) is 0 Å². The Morgan fingerprint density at radius 2 is 1.83 bits per heavy atom. The number of carbonyl (C=O) groups is 4. The number of amides is 2. The molecule has 2 fully saturated rings. The third-order valence-corrected chi connectivity index (χ3v) is 7.80. The van der Waals surface area contributed by atoms with Crippen molar-refractivity contribution < 1.29 is 42.2 Å². The first-order valence-corrected chi connectivity index (χ1v) is 12.1. The number of carboxylic acids is 1. The molecule has 36 heavy (non-hydrogen) atoms. The number of nitrogens with zero attached hydrogens (tertiary/aromatic N) is 3. The maximum absolute atomic E-state index is 13.0. The molecular formula is C22H23ClF3N3O6S. The highest BCUT2D eigenvalue weighted by Crippen LogP contribution is 2.53. The van der Waals surface area contributed by atoms with Crippen molar-refractivity contribution in [2.24, 2.45) is 16.8 Å². The predicted molar refractivity (Wildman–Crippen MR) is 124 cm³/mol. The number of hydrogen-bond donors (Lipinski definition) is 1. The van der Waals surface area contributed by atoms with E-state index in [4.69, 9.17) is 26.2 Å². The summed E-state index contributed by atoms with van der Waals surface area (Å²) in [4.78, 5) is 55.4. The van der Waals surface area contributed by atoms with Crippen molar-refractivity contribution in [3.05, 3.63) is 34.9 Å². The molecule has 4 atom stereocenters. The zero-order valence-corrected chi connectivity index (χ0v) is 21.0. The average Bonchev–Trinajstić information content (AvgIpc) is 3.44. The fourth-order valence-corrected chi connectivity index (χ4v) is 6.08. The lowest BCUT2D eigenvalue weighted by atomic mass is 9.78. The second kappa shape index (κ2) is 10.3. The van der Waals surface area contributed by atoms with Crippen LogP contribution in [0.3, 0.4) is 0 Å². The van der Waals surface area contributed by atoms with Crippen molar-refractivity contribution >= 4 is 52.3 Å². The minimum atomic E-state index is -5.08. The van der Waals surface area contributed by atoms with Crippen molar-refractivity contribution in [2.75, 3.05) is 20.7 Å². The third-order valence-electron chi connectivity index (χ3n) is 6.48. The van der Waals surface area contributed by atoms with Crippen LogP contribution in [0.5, 0.6) is 0 Å². The molecule has 0 spiro atoms. The van der Waals surface area contributed by atoms with Crippen LogP contribution in [0, 0.1) is 11.8 Å². The SMILES string of the molecule is CC[C@]1(C(=O)OC)[C@H]2C(=O)N(C)C(=O)[C@H]2[C@H]2CN=C(SCc3ccc(Cl)cc3)N21.O=C(O)C(F)(F)F. The monoisotopic (exact) mass is 549 g/mol. The molecule has 1 aromatic rings. The van der Waals surface area contributed by atoms with Crippen LogP contribution in [0.15, 0.2) is 29.3 Å². The summed E-state index contributed by atoms with van der Waals surface area (Å²) in [5.41, 5.74) is -0.152. The van der Waals surface area contributed by atoms with Crippen LogP contribution in [-0.2, 0) is 29.7 Å². The number of aliphatic imine (C=N–C) groups is 1. The standard InChI is InChI=1S/C20H22ClN3O4S.C2HF3O2/c1-4-20(18(27)28-3)15-14(16(25)23(2)17(15)26)13-9-22-19(24(13)20)29-10-11-5-7-12(21)8-6-11;3-2(4,5)1(6)7/h5-8,13-15H,4,9-10H2,1-3H3;(H,6,7)/t13-,14+,15-,20-;/m1./s1. The van der Waals surface area contributed by atoms with Crippen molar-refractivity contribution in [2.45, 2.75) is 36.9 Å². The molecule has 0 bridgehead atoms. The van der Waals surface area contributed by atoms with Crippen LogP contribution in [0.1, 0.15) is 18.9 Å². The molecule has 0 radical (unpaired) electrons. The van der Waals surface area contributed by atoms with E-state index in [1.165, 1.54) is 25.9 Å². The Morgan fingerprint density at radius 3 is 2.33 bits per heavy atom. The van der Waals surface area contributed by atoms with Gasteiger partial charge in [0.25, 0.3) is 0 Å². The maximum Gasteiger partial charge on any atom is 0.490 e. The molecule has 4 rings (SSSR count). The molecule has 3 aliphatic rings. The number of benzene rings is 1. The Kier molecular flexibility index (Phi) is 7.94. The molecule has 0 aliphatic carbocycles. The van der Waals surface area contributed by atoms with E-state index in [1.807, 2.05) is 36.1 Å². The first kappa shape index (κ1) is 27.8. The molecule has 14 heteroatoms. The van der Waals surface area contributed by atoms with E-state index in [2.05, 4.69) is 4.99 Å². The van der Waals surface area contributed by atoms with Gasteiger partial charge in [0.15, 0.2) is 10.7 Å². The van der Waals surface area contributed by atoms with Crippen LogP contribution < -0.4 is 0 Å². The van der Waals surface area contributed by atoms with Gasteiger partial charge < -0.3 is 14.7 Å². The Morgan fingerprint density at radius 1 is 1.25 bits per heavy atom. The summed E-state index contributed by atoms with van der Waals surface area (Å²) in [6.45, 7) is 2.24. The molecule has 196 valence electrons. The van der Waals surface area contributed by atoms with Crippen LogP contribution >= 0.6 is 23.4 Å². The summed E-state index contributed by atoms with van der Waals surface area (Å²) in [6.07, 6.45) is -4.73. The quantitative estimate of drug-likeness (QED) is 0.450. The number of carbonyl (C=O) groups excluding carboxylic acids is 3. The first-order valence-electron chi connectivity index (χ1n) is 10.7. The molecule has 3 heterocycles. The number of alkyl halides is 3. The van der Waals surface area contributed by atoms with Crippen molar-refractivity contribution in [3.63, 3.8) is 0 Å². The van der Waals surface area contributed by atoms with E-state index in [0.29, 0.717) is 28.9 Å². The molecule has 1 N–H and O–H groups in total. The van der Waals surface area contributed by atoms with Crippen molar-refractivity contribution in [1.82, 2.24) is 9.80 Å². The number of amidine groups is 1. The predicted octanol–water partition coefficient (Wildman–Crippen LogP) is 2.81. The highest BCUT2D eigenvalue weighted by molar-refractivity contribution is 8.13. The highest BCUT2D eigenvalue weighted by Gasteiger charge is 2.72. The van der Waals surface area contributed by atoms with Crippen LogP contribution in [-0.4, -0.2) is 82.3 Å². The smallest absolute Gasteiger partial charge is 0.475 e. The maximum atomic E-state index is 13.0. The number of carboxylic acid groups (broad SMARTS) is 1. The van der Waals surface area contributed by atoms with Crippen LogP contribution in [0.2, 0.25) is 5.02 Å². The zero-order valence-electron chi connectivity index (χ0n) is 19.4. The van der Waals surface area contributed by atoms with E-state index in [-0.39, 0.29) is 17.9 Å². The fraction of sp³-hybridized carbons (Fsp3) is 0.500. The number of aliphatic carboxylic acids is 1. The molecule has 3 aliphatic heterocycles. The lowest BCUT2D eigenvalue weighted by Gasteiger charge is -2.39. The Balaban J connectivity index is 0.000000454. The molecule has 0 unspecified atom stereocenters. The summed E-state index contributed by atoms with van der Waals surface area (Å²) in [7, 11) is 2.80. The zero-order chi connectivity index (χ0) is 27.0. The summed E-state index contributed by atoms with van der Waals surface area (Å²) in [5.74, 6) is -4.50. The second-order valence-electron chi connectivity index (χ2n) is 8.29. The van der Waals surface area contributed by atoms with Gasteiger partial charge in [-0.15, -0.1) is 0 Å². The van der Waals surface area contributed by atoms with E-state index in [0.717, 1.165) is 10.5 Å². The van der Waals surface area contributed by atoms with Gasteiger partial charge in [-0.3, -0.25) is 19.5 Å². The lowest BCUT2D eigenvalue weighted by molar-refractivity contribution is -0.192. The number of fused-ring (bicyclic) bond motifs is 3. The van der Waals surface area contributed by atoms with Crippen molar-refractivity contribution in [3.8, 4) is 0 Å². The van der Waals surface area contributed by atoms with Gasteiger partial charge in [-0.05, 0) is 24.1 Å². The number of ether oxygens (including phenoxy) is 1. The van der Waals surface area contributed by atoms with Gasteiger partial charge in [0.05, 0.1) is 31.5 Å². The Hall–Kier alpha value is -2.80. The van der Waals surface area contributed by atoms with E-state index in [1.54, 1.807) is 0 Å². The number of hydrogen-bond acceptors (Lipinski definition) is 8. The number of halogens is 4. The molecule has 2 saturated heterocycles. The van der Waals surface area contributed by atoms with E-state index < -0.39 is 35.5 Å². The topological polar surface area (TPSA) is 117 Å². The first-order chi connectivity index (χ1) is 16.8. The largest absolute Gasteiger partial charge is 0.490 e. The highest BCUT2D eigenvalue weighted by atomic mass is 35.5. The summed E-state index contributed by atoms with van der Waals surface area (Å²) < 4.78 is 36.9. The Bertz CT molecular complexity index is 1100. The van der Waals surface area contributed by atoms with Gasteiger partial charge in [0.1, 0.15) is 0 Å². The van der Waals surface area contributed by atoms with E-state index in [9.17, 15) is 27.6 Å².